The lowest BCUT2D eigenvalue weighted by atomic mass is 9.76. The number of ether oxygens (including phenoxy) is 2. The molecule has 1 aliphatic heterocycles. The molecule has 0 fully saturated rings. The summed E-state index contributed by atoms with van der Waals surface area (Å²) >= 11 is 0. The molecule has 0 unspecified atom stereocenters. The van der Waals surface area contributed by atoms with Crippen LogP contribution in [0.5, 0.6) is 11.5 Å². The third-order valence-corrected chi connectivity index (χ3v) is 6.24. The SMILES string of the molecule is COc1cccc([C@@H]2Nc3ccc(-c4ccccc4)cc3[C@@H]3C=CC[C@H]32)c1OC. The Kier molecular flexibility index (Phi) is 4.51. The van der Waals surface area contributed by atoms with Crippen molar-refractivity contribution in [1.29, 1.82) is 0 Å². The largest absolute Gasteiger partial charge is 0.493 e. The van der Waals surface area contributed by atoms with Crippen molar-refractivity contribution >= 4 is 5.69 Å². The molecule has 0 bridgehead atoms. The lowest BCUT2D eigenvalue weighted by Crippen LogP contribution is -2.29. The Balaban J connectivity index is 1.58. The predicted octanol–water partition coefficient (Wildman–Crippen LogP) is 6.20. The number of anilines is 1. The van der Waals surface area contributed by atoms with Gasteiger partial charge in [-0.25, -0.2) is 0 Å². The minimum Gasteiger partial charge on any atom is -0.493 e. The highest BCUT2D eigenvalue weighted by Crippen LogP contribution is 2.52. The van der Waals surface area contributed by atoms with Gasteiger partial charge in [0.05, 0.1) is 20.3 Å². The van der Waals surface area contributed by atoms with E-state index in [-0.39, 0.29) is 6.04 Å². The van der Waals surface area contributed by atoms with E-state index in [0.29, 0.717) is 11.8 Å². The minimum absolute atomic E-state index is 0.176. The predicted molar refractivity (Wildman–Crippen MR) is 118 cm³/mol. The Hall–Kier alpha value is -3.20. The molecule has 0 amide bonds. The molecule has 3 atom stereocenters. The van der Waals surface area contributed by atoms with Gasteiger partial charge in [-0.05, 0) is 47.2 Å². The van der Waals surface area contributed by atoms with Gasteiger partial charge in [-0.3, -0.25) is 0 Å². The van der Waals surface area contributed by atoms with Crippen LogP contribution in [0.4, 0.5) is 5.69 Å². The van der Waals surface area contributed by atoms with E-state index in [0.717, 1.165) is 23.5 Å². The second-order valence-electron chi connectivity index (χ2n) is 7.73. The first-order valence-electron chi connectivity index (χ1n) is 10.1. The summed E-state index contributed by atoms with van der Waals surface area (Å²) in [5, 5.41) is 3.81. The minimum atomic E-state index is 0.176. The molecule has 146 valence electrons. The summed E-state index contributed by atoms with van der Waals surface area (Å²) in [6, 6.07) is 23.7. The molecule has 29 heavy (non-hydrogen) atoms. The van der Waals surface area contributed by atoms with Gasteiger partial charge in [-0.15, -0.1) is 0 Å². The number of hydrogen-bond acceptors (Lipinski definition) is 3. The third-order valence-electron chi connectivity index (χ3n) is 6.24. The molecule has 0 spiro atoms. The zero-order valence-electron chi connectivity index (χ0n) is 16.8. The van der Waals surface area contributed by atoms with Crippen LogP contribution < -0.4 is 14.8 Å². The molecular weight excluding hydrogens is 358 g/mol. The molecule has 1 aliphatic carbocycles. The Morgan fingerprint density at radius 3 is 2.48 bits per heavy atom. The summed E-state index contributed by atoms with van der Waals surface area (Å²) in [5.41, 5.74) is 6.26. The molecule has 3 nitrogen and oxygen atoms in total. The normalized spacial score (nSPS) is 21.8. The topological polar surface area (TPSA) is 30.5 Å². The number of allylic oxidation sites excluding steroid dienone is 2. The van der Waals surface area contributed by atoms with Crippen LogP contribution in [0, 0.1) is 5.92 Å². The summed E-state index contributed by atoms with van der Waals surface area (Å²) in [7, 11) is 3.41. The molecule has 3 aromatic carbocycles. The lowest BCUT2D eigenvalue weighted by molar-refractivity contribution is 0.341. The maximum atomic E-state index is 5.75. The summed E-state index contributed by atoms with van der Waals surface area (Å²) < 4.78 is 11.3. The molecule has 2 aliphatic rings. The lowest BCUT2D eigenvalue weighted by Gasteiger charge is -2.38. The maximum absolute atomic E-state index is 5.75. The van der Waals surface area contributed by atoms with Gasteiger partial charge in [0.1, 0.15) is 0 Å². The average Bonchev–Trinajstić information content (AvgIpc) is 3.28. The number of para-hydroxylation sites is 1. The zero-order valence-corrected chi connectivity index (χ0v) is 16.8. The number of nitrogens with one attached hydrogen (secondary N) is 1. The van der Waals surface area contributed by atoms with Crippen LogP contribution in [0.1, 0.15) is 29.5 Å². The van der Waals surface area contributed by atoms with E-state index < -0.39 is 0 Å². The second-order valence-corrected chi connectivity index (χ2v) is 7.73. The van der Waals surface area contributed by atoms with E-state index in [1.165, 1.54) is 22.4 Å². The van der Waals surface area contributed by atoms with Crippen molar-refractivity contribution in [2.45, 2.75) is 18.4 Å². The maximum Gasteiger partial charge on any atom is 0.165 e. The van der Waals surface area contributed by atoms with Crippen LogP contribution in [0.15, 0.2) is 78.9 Å². The van der Waals surface area contributed by atoms with Crippen LogP contribution >= 0.6 is 0 Å². The third kappa shape index (κ3) is 2.98. The fraction of sp³-hybridized carbons (Fsp3) is 0.231. The van der Waals surface area contributed by atoms with Crippen molar-refractivity contribution in [2.75, 3.05) is 19.5 Å². The van der Waals surface area contributed by atoms with E-state index in [1.807, 2.05) is 12.1 Å². The second kappa shape index (κ2) is 7.32. The standard InChI is InChI=1S/C26H25NO2/c1-28-24-13-7-12-21(26(24)29-2)25-20-11-6-10-19(20)22-16-18(14-15-23(22)27-25)17-8-4-3-5-9-17/h3-10,12-16,19-20,25,27H,11H2,1-2H3/t19-,20-,25-/m1/s1. The molecule has 0 saturated carbocycles. The molecule has 5 rings (SSSR count). The highest BCUT2D eigenvalue weighted by molar-refractivity contribution is 5.71. The smallest absolute Gasteiger partial charge is 0.165 e. The van der Waals surface area contributed by atoms with Gasteiger partial charge in [0.2, 0.25) is 0 Å². The number of methoxy groups -OCH3 is 2. The van der Waals surface area contributed by atoms with Gasteiger partial charge in [-0.2, -0.15) is 0 Å². The van der Waals surface area contributed by atoms with Crippen LogP contribution in [-0.2, 0) is 0 Å². The van der Waals surface area contributed by atoms with E-state index in [2.05, 4.69) is 72.1 Å². The average molecular weight is 383 g/mol. The molecular formula is C26H25NO2. The molecule has 0 radical (unpaired) electrons. The van der Waals surface area contributed by atoms with Crippen molar-refractivity contribution in [3.63, 3.8) is 0 Å². The summed E-state index contributed by atoms with van der Waals surface area (Å²) in [4.78, 5) is 0. The molecule has 1 N–H and O–H groups in total. The number of fused-ring (bicyclic) bond motifs is 3. The Bertz CT molecular complexity index is 1060. The summed E-state index contributed by atoms with van der Waals surface area (Å²) in [5.74, 6) is 2.45. The van der Waals surface area contributed by atoms with Gasteiger partial charge in [-0.1, -0.05) is 60.7 Å². The zero-order chi connectivity index (χ0) is 19.8. The van der Waals surface area contributed by atoms with Gasteiger partial charge in [0.15, 0.2) is 11.5 Å². The fourth-order valence-electron chi connectivity index (χ4n) is 4.87. The van der Waals surface area contributed by atoms with Crippen LogP contribution in [0.25, 0.3) is 11.1 Å². The van der Waals surface area contributed by atoms with Gasteiger partial charge in [0, 0.05) is 17.2 Å². The van der Waals surface area contributed by atoms with E-state index in [1.54, 1.807) is 14.2 Å². The molecule has 3 heteroatoms. The molecule has 0 saturated heterocycles. The summed E-state index contributed by atoms with van der Waals surface area (Å²) in [6.07, 6.45) is 5.75. The van der Waals surface area contributed by atoms with Crippen LogP contribution in [0.2, 0.25) is 0 Å². The van der Waals surface area contributed by atoms with Crippen molar-refractivity contribution in [2.24, 2.45) is 5.92 Å². The monoisotopic (exact) mass is 383 g/mol. The Labute approximate surface area is 172 Å². The van der Waals surface area contributed by atoms with Crippen LogP contribution in [0.3, 0.4) is 0 Å². The van der Waals surface area contributed by atoms with E-state index in [9.17, 15) is 0 Å². The number of rotatable bonds is 4. The Morgan fingerprint density at radius 1 is 0.828 bits per heavy atom. The Morgan fingerprint density at radius 2 is 1.69 bits per heavy atom. The first-order valence-corrected chi connectivity index (χ1v) is 10.1. The number of benzene rings is 3. The van der Waals surface area contributed by atoms with Crippen molar-refractivity contribution in [3.05, 3.63) is 90.0 Å². The van der Waals surface area contributed by atoms with Gasteiger partial charge in [0.25, 0.3) is 0 Å². The summed E-state index contributed by atoms with van der Waals surface area (Å²) in [6.45, 7) is 0. The van der Waals surface area contributed by atoms with Gasteiger partial charge < -0.3 is 14.8 Å². The highest BCUT2D eigenvalue weighted by Gasteiger charge is 2.39. The van der Waals surface area contributed by atoms with E-state index in [4.69, 9.17) is 9.47 Å². The highest BCUT2D eigenvalue weighted by atomic mass is 16.5. The first kappa shape index (κ1) is 17.9. The van der Waals surface area contributed by atoms with E-state index >= 15 is 0 Å². The quantitative estimate of drug-likeness (QED) is 0.544. The van der Waals surface area contributed by atoms with Crippen molar-refractivity contribution in [3.8, 4) is 22.6 Å². The van der Waals surface area contributed by atoms with Crippen LogP contribution in [-0.4, -0.2) is 14.2 Å². The first-order chi connectivity index (χ1) is 14.3. The molecule has 1 heterocycles. The molecule has 0 aromatic heterocycles. The van der Waals surface area contributed by atoms with Crippen molar-refractivity contribution in [1.82, 2.24) is 0 Å². The fourth-order valence-corrected chi connectivity index (χ4v) is 4.87. The molecule has 3 aromatic rings. The number of hydrogen-bond donors (Lipinski definition) is 1. The van der Waals surface area contributed by atoms with Gasteiger partial charge >= 0.3 is 0 Å². The van der Waals surface area contributed by atoms with Crippen molar-refractivity contribution < 1.29 is 9.47 Å².